The molecule has 1 N–H and O–H groups in total. The van der Waals surface area contributed by atoms with Crippen LogP contribution in [0.25, 0.3) is 0 Å². The molecule has 0 heterocycles. The van der Waals surface area contributed by atoms with Gasteiger partial charge in [0.25, 0.3) is 0 Å². The molecule has 0 aliphatic rings. The molecule has 1 rings (SSSR count). The third-order valence-electron chi connectivity index (χ3n) is 1.24. The molecule has 0 bridgehead atoms. The zero-order valence-electron chi connectivity index (χ0n) is 6.15. The molecule has 1 aromatic carbocycles. The second-order valence-electron chi connectivity index (χ2n) is 2.01. The van der Waals surface area contributed by atoms with Crippen LogP contribution in [0.2, 0.25) is 0 Å². The van der Waals surface area contributed by atoms with Crippen molar-refractivity contribution in [1.82, 2.24) is 0 Å². The first kappa shape index (κ1) is 10.2. The largest absolute Gasteiger partial charge is 0.506 e. The summed E-state index contributed by atoms with van der Waals surface area (Å²) >= 11 is 0. The Morgan fingerprint density at radius 1 is 1.45 bits per heavy atom. The molecular formula is C8H9FeO2-. The summed E-state index contributed by atoms with van der Waals surface area (Å²) in [6.45, 7) is 3.68. The molecule has 0 saturated heterocycles. The summed E-state index contributed by atoms with van der Waals surface area (Å²) in [6.07, 6.45) is 0. The van der Waals surface area contributed by atoms with E-state index in [0.717, 1.165) is 5.56 Å². The zero-order valence-corrected chi connectivity index (χ0v) is 7.25. The standard InChI is InChI=1S/C8H9O2.Fe/c1-6-3-4-7(9)8(5-6)10-2;/h3-5,9H,1H2,2H3;/q-1;. The van der Waals surface area contributed by atoms with E-state index in [-0.39, 0.29) is 22.8 Å². The first-order chi connectivity index (χ1) is 4.74. The number of hydrogen-bond donors (Lipinski definition) is 1. The van der Waals surface area contributed by atoms with E-state index in [2.05, 4.69) is 6.92 Å². The molecule has 1 aromatic rings. The van der Waals surface area contributed by atoms with Crippen LogP contribution in [-0.4, -0.2) is 12.2 Å². The normalized spacial score (nSPS) is 8.45. The fourth-order valence-electron chi connectivity index (χ4n) is 0.722. The summed E-state index contributed by atoms with van der Waals surface area (Å²) in [6, 6.07) is 4.95. The van der Waals surface area contributed by atoms with Gasteiger partial charge in [0.15, 0.2) is 0 Å². The zero-order chi connectivity index (χ0) is 7.56. The van der Waals surface area contributed by atoms with Gasteiger partial charge in [0.05, 0.1) is 7.11 Å². The smallest absolute Gasteiger partial charge is 0.132 e. The van der Waals surface area contributed by atoms with E-state index in [1.807, 2.05) is 0 Å². The fourth-order valence-corrected chi connectivity index (χ4v) is 0.722. The molecule has 0 atom stereocenters. The molecule has 11 heavy (non-hydrogen) atoms. The Bertz CT molecular complexity index is 236. The van der Waals surface area contributed by atoms with Crippen molar-refractivity contribution in [3.05, 3.63) is 30.7 Å². The molecule has 0 aromatic heterocycles. The monoisotopic (exact) mass is 193 g/mol. The molecule has 0 aliphatic carbocycles. The Hall–Kier alpha value is -0.791. The van der Waals surface area contributed by atoms with Gasteiger partial charge >= 0.3 is 0 Å². The predicted octanol–water partition coefficient (Wildman–Crippen LogP) is 1.58. The van der Waals surface area contributed by atoms with Gasteiger partial charge in [-0.25, -0.2) is 0 Å². The van der Waals surface area contributed by atoms with Gasteiger partial charge in [-0.2, -0.15) is 18.6 Å². The van der Waals surface area contributed by atoms with E-state index in [1.165, 1.54) is 7.11 Å². The van der Waals surface area contributed by atoms with Crippen molar-refractivity contribution in [1.29, 1.82) is 0 Å². The van der Waals surface area contributed by atoms with Crippen LogP contribution in [0.1, 0.15) is 5.56 Å². The summed E-state index contributed by atoms with van der Waals surface area (Å²) < 4.78 is 4.84. The third-order valence-corrected chi connectivity index (χ3v) is 1.24. The summed E-state index contributed by atoms with van der Waals surface area (Å²) in [7, 11) is 1.51. The van der Waals surface area contributed by atoms with Crippen LogP contribution in [0.15, 0.2) is 18.2 Å². The second-order valence-corrected chi connectivity index (χ2v) is 2.01. The molecule has 0 radical (unpaired) electrons. The van der Waals surface area contributed by atoms with E-state index in [1.54, 1.807) is 18.2 Å². The average Bonchev–Trinajstić information content (AvgIpc) is 1.94. The molecule has 0 amide bonds. The number of phenolic OH excluding ortho intramolecular Hbond substituents is 1. The van der Waals surface area contributed by atoms with Crippen LogP contribution in [-0.2, 0) is 17.1 Å². The second kappa shape index (κ2) is 4.16. The molecule has 62 valence electrons. The SMILES string of the molecule is [CH2-]c1ccc(O)c(OC)c1.[Fe]. The molecule has 0 unspecified atom stereocenters. The van der Waals surface area contributed by atoms with Crippen LogP contribution in [0.5, 0.6) is 11.5 Å². The molecule has 0 aliphatic heterocycles. The van der Waals surface area contributed by atoms with Gasteiger partial charge in [-0.3, -0.25) is 0 Å². The van der Waals surface area contributed by atoms with Crippen molar-refractivity contribution in [3.8, 4) is 11.5 Å². The number of phenols is 1. The van der Waals surface area contributed by atoms with Crippen LogP contribution in [0.4, 0.5) is 0 Å². The summed E-state index contributed by atoms with van der Waals surface area (Å²) in [4.78, 5) is 0. The third kappa shape index (κ3) is 2.37. The quantitative estimate of drug-likeness (QED) is 0.541. The van der Waals surface area contributed by atoms with Crippen molar-refractivity contribution in [2.45, 2.75) is 0 Å². The number of aromatic hydroxyl groups is 1. The Labute approximate surface area is 76.7 Å². The average molecular weight is 193 g/mol. The maximum absolute atomic E-state index is 9.08. The maximum atomic E-state index is 9.08. The number of hydrogen-bond acceptors (Lipinski definition) is 2. The number of rotatable bonds is 1. The van der Waals surface area contributed by atoms with Crippen molar-refractivity contribution >= 4 is 0 Å². The first-order valence-corrected chi connectivity index (χ1v) is 2.93. The van der Waals surface area contributed by atoms with E-state index in [4.69, 9.17) is 9.84 Å². The van der Waals surface area contributed by atoms with Gasteiger partial charge < -0.3 is 9.84 Å². The van der Waals surface area contributed by atoms with Gasteiger partial charge in [0.2, 0.25) is 0 Å². The van der Waals surface area contributed by atoms with Crippen LogP contribution in [0, 0.1) is 6.92 Å². The van der Waals surface area contributed by atoms with E-state index in [0.29, 0.717) is 5.75 Å². The van der Waals surface area contributed by atoms with Gasteiger partial charge in [-0.05, 0) is 0 Å². The number of benzene rings is 1. The molecule has 2 nitrogen and oxygen atoms in total. The number of ether oxygens (including phenoxy) is 1. The summed E-state index contributed by atoms with van der Waals surface area (Å²) in [5.41, 5.74) is 0.828. The fraction of sp³-hybridized carbons (Fsp3) is 0.125. The molecular weight excluding hydrogens is 184 g/mol. The predicted molar refractivity (Wildman–Crippen MR) is 39.1 cm³/mol. The van der Waals surface area contributed by atoms with Gasteiger partial charge in [-0.1, -0.05) is 6.07 Å². The minimum Gasteiger partial charge on any atom is -0.506 e. The Morgan fingerprint density at radius 3 is 2.55 bits per heavy atom. The Kier molecular flexibility index (Phi) is 3.86. The first-order valence-electron chi connectivity index (χ1n) is 2.93. The van der Waals surface area contributed by atoms with Crippen molar-refractivity contribution < 1.29 is 26.9 Å². The van der Waals surface area contributed by atoms with Gasteiger partial charge in [-0.15, -0.1) is 6.07 Å². The minimum atomic E-state index is 0. The molecule has 3 heteroatoms. The van der Waals surface area contributed by atoms with Crippen molar-refractivity contribution in [3.63, 3.8) is 0 Å². The van der Waals surface area contributed by atoms with Gasteiger partial charge in [0.1, 0.15) is 11.5 Å². The number of methoxy groups -OCH3 is 1. The van der Waals surface area contributed by atoms with Gasteiger partial charge in [0, 0.05) is 17.1 Å². The molecule has 0 spiro atoms. The summed E-state index contributed by atoms with van der Waals surface area (Å²) in [5.74, 6) is 0.613. The maximum Gasteiger partial charge on any atom is 0.132 e. The Morgan fingerprint density at radius 2 is 2.09 bits per heavy atom. The van der Waals surface area contributed by atoms with E-state index < -0.39 is 0 Å². The van der Waals surface area contributed by atoms with E-state index in [9.17, 15) is 0 Å². The minimum absolute atomic E-state index is 0. The van der Waals surface area contributed by atoms with Crippen LogP contribution < -0.4 is 4.74 Å². The van der Waals surface area contributed by atoms with Crippen LogP contribution in [0.3, 0.4) is 0 Å². The van der Waals surface area contributed by atoms with Crippen molar-refractivity contribution in [2.24, 2.45) is 0 Å². The van der Waals surface area contributed by atoms with E-state index >= 15 is 0 Å². The molecule has 0 saturated carbocycles. The topological polar surface area (TPSA) is 29.5 Å². The van der Waals surface area contributed by atoms with Crippen LogP contribution >= 0.6 is 0 Å². The van der Waals surface area contributed by atoms with Crippen molar-refractivity contribution in [2.75, 3.05) is 7.11 Å². The molecule has 0 fully saturated rings. The summed E-state index contributed by atoms with van der Waals surface area (Å²) in [5, 5.41) is 9.08. The Balaban J connectivity index is 0.000001000.